The van der Waals surface area contributed by atoms with Crippen LogP contribution >= 0.6 is 0 Å². The molecule has 0 heterocycles. The van der Waals surface area contributed by atoms with Gasteiger partial charge in [-0.05, 0) is 75.2 Å². The summed E-state index contributed by atoms with van der Waals surface area (Å²) >= 11 is 0. The average molecular weight is 433 g/mol. The van der Waals surface area contributed by atoms with Crippen molar-refractivity contribution < 1.29 is 13.3 Å². The molecule has 0 N–H and O–H groups in total. The molecule has 1 aliphatic rings. The Morgan fingerprint density at radius 2 is 0.926 bits per heavy atom. The summed E-state index contributed by atoms with van der Waals surface area (Å²) in [4.78, 5) is 0. The first-order chi connectivity index (χ1) is 11.8. The molecule has 1 saturated carbocycles. The molecule has 0 bridgehead atoms. The van der Waals surface area contributed by atoms with Gasteiger partial charge in [-0.1, -0.05) is 41.5 Å². The molecule has 0 aromatic rings. The third kappa shape index (κ3) is 7.07. The van der Waals surface area contributed by atoms with Crippen LogP contribution in [0.4, 0.5) is 0 Å². The molecule has 27 heavy (non-hydrogen) atoms. The molecular weight excluding hydrogens is 384 g/mol. The van der Waals surface area contributed by atoms with Gasteiger partial charge in [0.1, 0.15) is 0 Å². The van der Waals surface area contributed by atoms with Gasteiger partial charge in [0, 0.05) is 0 Å². The van der Waals surface area contributed by atoms with Crippen molar-refractivity contribution in [3.05, 3.63) is 0 Å². The van der Waals surface area contributed by atoms with Gasteiger partial charge < -0.3 is 13.3 Å². The molecule has 6 heteroatoms. The fourth-order valence-electron chi connectivity index (χ4n) is 3.01. The van der Waals surface area contributed by atoms with Gasteiger partial charge in [-0.15, -0.1) is 0 Å². The minimum Gasteiger partial charge on any atom is -0.411 e. The van der Waals surface area contributed by atoms with Gasteiger partial charge >= 0.3 is 0 Å². The Balaban J connectivity index is 3.13. The van der Waals surface area contributed by atoms with Gasteiger partial charge in [-0.3, -0.25) is 0 Å². The van der Waals surface area contributed by atoms with E-state index in [-0.39, 0.29) is 28.4 Å². The molecule has 162 valence electrons. The highest BCUT2D eigenvalue weighted by Gasteiger charge is 2.48. The van der Waals surface area contributed by atoms with Crippen molar-refractivity contribution in [1.82, 2.24) is 0 Å². The van der Waals surface area contributed by atoms with E-state index in [1.54, 1.807) is 0 Å². The molecule has 0 amide bonds. The van der Waals surface area contributed by atoms with Crippen LogP contribution in [0.2, 0.25) is 55.9 Å². The molecule has 1 rings (SSSR count). The molecule has 0 unspecified atom stereocenters. The summed E-state index contributed by atoms with van der Waals surface area (Å²) in [5.41, 5.74) is 0. The molecular formula is C21H48O3Si3. The van der Waals surface area contributed by atoms with Crippen LogP contribution in [0, 0.1) is 0 Å². The fourth-order valence-corrected chi connectivity index (χ4v) is 6.86. The fraction of sp³-hybridized carbons (Fsp3) is 1.00. The van der Waals surface area contributed by atoms with Crippen molar-refractivity contribution in [2.24, 2.45) is 0 Å². The Morgan fingerprint density at radius 1 is 0.593 bits per heavy atom. The summed E-state index contributed by atoms with van der Waals surface area (Å²) in [5.74, 6) is 0. The maximum Gasteiger partial charge on any atom is 0.192 e. The van der Waals surface area contributed by atoms with Crippen molar-refractivity contribution in [2.45, 2.75) is 135 Å². The maximum absolute atomic E-state index is 6.90. The molecule has 0 aliphatic heterocycles. The van der Waals surface area contributed by atoms with Crippen molar-refractivity contribution in [1.29, 1.82) is 0 Å². The number of hydrogen-bond acceptors (Lipinski definition) is 3. The lowest BCUT2D eigenvalue weighted by atomic mass is 9.92. The van der Waals surface area contributed by atoms with Gasteiger partial charge in [-0.25, -0.2) is 0 Å². The van der Waals surface area contributed by atoms with Crippen LogP contribution in [0.15, 0.2) is 0 Å². The van der Waals surface area contributed by atoms with Gasteiger partial charge in [-0.2, -0.15) is 0 Å². The third-order valence-electron chi connectivity index (χ3n) is 6.70. The number of rotatable bonds is 6. The van der Waals surface area contributed by atoms with E-state index < -0.39 is 25.0 Å². The van der Waals surface area contributed by atoms with Gasteiger partial charge in [0.05, 0.1) is 18.3 Å². The highest BCUT2D eigenvalue weighted by molar-refractivity contribution is 6.74. The van der Waals surface area contributed by atoms with Crippen molar-refractivity contribution in [3.63, 3.8) is 0 Å². The highest BCUT2D eigenvalue weighted by Crippen LogP contribution is 2.43. The van der Waals surface area contributed by atoms with Crippen LogP contribution in [0.1, 0.15) is 60.8 Å². The molecule has 3 nitrogen and oxygen atoms in total. The topological polar surface area (TPSA) is 27.7 Å². The van der Waals surface area contributed by atoms with E-state index in [0.717, 1.165) is 12.8 Å². The lowest BCUT2D eigenvalue weighted by molar-refractivity contribution is -0.0635. The molecule has 0 aromatic heterocycles. The zero-order valence-corrected chi connectivity index (χ0v) is 23.6. The lowest BCUT2D eigenvalue weighted by Gasteiger charge is -2.49. The molecule has 0 spiro atoms. The SMILES string of the molecule is CC(C)(C)[Si](C)(C)O[C@@H]1CCC[C@@H](O[Si](C)(C)C(C)(C)C)C1O[Si](C)(C)C. The van der Waals surface area contributed by atoms with E-state index in [4.69, 9.17) is 13.3 Å². The standard InChI is InChI=1S/C21H48O3Si3/c1-20(2,3)26(10,11)22-17-15-14-16-18(19(17)24-25(7,8)9)23-27(12,13)21(4,5)6/h17-19H,14-16H2,1-13H3/t17-,18-/m1/s1. The first-order valence-electron chi connectivity index (χ1n) is 10.8. The van der Waals surface area contributed by atoms with Crippen LogP contribution in [0.25, 0.3) is 0 Å². The first-order valence-corrected chi connectivity index (χ1v) is 20.0. The van der Waals surface area contributed by atoms with E-state index in [1.807, 2.05) is 0 Å². The average Bonchev–Trinajstić information content (AvgIpc) is 2.37. The smallest absolute Gasteiger partial charge is 0.192 e. The monoisotopic (exact) mass is 432 g/mol. The summed E-state index contributed by atoms with van der Waals surface area (Å²) in [6.45, 7) is 30.2. The summed E-state index contributed by atoms with van der Waals surface area (Å²) in [6, 6.07) is 0. The highest BCUT2D eigenvalue weighted by atomic mass is 28.4. The second kappa shape index (κ2) is 8.34. The number of hydrogen-bond donors (Lipinski definition) is 0. The Labute approximate surface area is 173 Å². The second-order valence-electron chi connectivity index (χ2n) is 12.5. The summed E-state index contributed by atoms with van der Waals surface area (Å²) in [5, 5.41) is 0.424. The van der Waals surface area contributed by atoms with E-state index in [1.165, 1.54) is 6.42 Å². The summed E-state index contributed by atoms with van der Waals surface area (Å²) < 4.78 is 20.6. The van der Waals surface area contributed by atoms with E-state index in [2.05, 4.69) is 87.4 Å². The quantitative estimate of drug-likeness (QED) is 0.416. The zero-order chi connectivity index (χ0) is 21.5. The van der Waals surface area contributed by atoms with E-state index >= 15 is 0 Å². The van der Waals surface area contributed by atoms with Crippen LogP contribution in [-0.2, 0) is 13.3 Å². The van der Waals surface area contributed by atoms with Crippen LogP contribution in [0.3, 0.4) is 0 Å². The predicted octanol–water partition coefficient (Wildman–Crippen LogP) is 7.17. The summed E-state index contributed by atoms with van der Waals surface area (Å²) in [7, 11) is -5.39. The van der Waals surface area contributed by atoms with Crippen molar-refractivity contribution in [3.8, 4) is 0 Å². The van der Waals surface area contributed by atoms with E-state index in [9.17, 15) is 0 Å². The lowest BCUT2D eigenvalue weighted by Crippen LogP contribution is -2.57. The molecule has 0 saturated heterocycles. The molecule has 1 fully saturated rings. The van der Waals surface area contributed by atoms with E-state index in [0.29, 0.717) is 0 Å². The maximum atomic E-state index is 6.90. The first kappa shape index (κ1) is 25.6. The molecule has 1 aliphatic carbocycles. The van der Waals surface area contributed by atoms with Crippen LogP contribution in [-0.4, -0.2) is 43.3 Å². The van der Waals surface area contributed by atoms with Gasteiger partial charge in [0.25, 0.3) is 0 Å². The zero-order valence-electron chi connectivity index (χ0n) is 20.6. The Kier molecular flexibility index (Phi) is 7.90. The largest absolute Gasteiger partial charge is 0.411 e. The Hall–Kier alpha value is 0.531. The second-order valence-corrected chi connectivity index (χ2v) is 26.4. The Bertz CT molecular complexity index is 448. The van der Waals surface area contributed by atoms with Crippen molar-refractivity contribution in [2.75, 3.05) is 0 Å². The summed E-state index contributed by atoms with van der Waals surface area (Å²) in [6.07, 6.45) is 3.78. The minimum atomic E-state index is -1.84. The molecule has 0 radical (unpaired) electrons. The van der Waals surface area contributed by atoms with Crippen LogP contribution < -0.4 is 0 Å². The van der Waals surface area contributed by atoms with Crippen molar-refractivity contribution >= 4 is 25.0 Å². The van der Waals surface area contributed by atoms with Gasteiger partial charge in [0.15, 0.2) is 25.0 Å². The Morgan fingerprint density at radius 3 is 1.19 bits per heavy atom. The van der Waals surface area contributed by atoms with Gasteiger partial charge in [0.2, 0.25) is 0 Å². The molecule has 0 aromatic carbocycles. The minimum absolute atomic E-state index is 0.0775. The third-order valence-corrected chi connectivity index (χ3v) is 16.7. The predicted molar refractivity (Wildman–Crippen MR) is 126 cm³/mol. The molecule has 2 atom stereocenters. The van der Waals surface area contributed by atoms with Crippen LogP contribution in [0.5, 0.6) is 0 Å². The normalized spacial score (nSPS) is 24.3.